The predicted octanol–water partition coefficient (Wildman–Crippen LogP) is 2.42. The Morgan fingerprint density at radius 2 is 1.96 bits per heavy atom. The first-order chi connectivity index (χ1) is 11.6. The largest absolute Gasteiger partial charge is 0.454 e. The highest BCUT2D eigenvalue weighted by atomic mass is 16.7. The van der Waals surface area contributed by atoms with Crippen LogP contribution in [0.25, 0.3) is 11.0 Å². The topological polar surface area (TPSA) is 78.3 Å². The quantitative estimate of drug-likeness (QED) is 0.800. The molecule has 1 amide bonds. The number of ether oxygens (including phenoxy) is 2. The van der Waals surface area contributed by atoms with E-state index in [1.807, 2.05) is 26.0 Å². The molecule has 24 heavy (non-hydrogen) atoms. The van der Waals surface area contributed by atoms with Gasteiger partial charge in [-0.1, -0.05) is 5.21 Å². The Morgan fingerprint density at radius 1 is 1.17 bits per heavy atom. The molecule has 0 fully saturated rings. The summed E-state index contributed by atoms with van der Waals surface area (Å²) in [4.78, 5) is 12.3. The lowest BCUT2D eigenvalue weighted by molar-refractivity contribution is -0.116. The molecule has 0 aliphatic carbocycles. The summed E-state index contributed by atoms with van der Waals surface area (Å²) >= 11 is 0. The summed E-state index contributed by atoms with van der Waals surface area (Å²) in [5.74, 6) is 1.13. The number of carbonyl (C=O) groups is 1. The highest BCUT2D eigenvalue weighted by molar-refractivity contribution is 5.91. The molecule has 7 nitrogen and oxygen atoms in total. The van der Waals surface area contributed by atoms with Gasteiger partial charge in [0, 0.05) is 11.8 Å². The van der Waals surface area contributed by atoms with Gasteiger partial charge < -0.3 is 14.8 Å². The van der Waals surface area contributed by atoms with E-state index in [0.717, 1.165) is 22.2 Å². The maximum Gasteiger partial charge on any atom is 0.246 e. The maximum absolute atomic E-state index is 12.3. The van der Waals surface area contributed by atoms with Crippen molar-refractivity contribution in [2.24, 2.45) is 0 Å². The molecule has 0 spiro atoms. The van der Waals surface area contributed by atoms with E-state index in [4.69, 9.17) is 9.47 Å². The normalized spacial score (nSPS) is 12.6. The van der Waals surface area contributed by atoms with Gasteiger partial charge >= 0.3 is 0 Å². The molecule has 2 heterocycles. The van der Waals surface area contributed by atoms with Crippen LogP contribution in [0, 0.1) is 13.8 Å². The summed E-state index contributed by atoms with van der Waals surface area (Å²) < 4.78 is 12.2. The fourth-order valence-corrected chi connectivity index (χ4v) is 2.65. The first kappa shape index (κ1) is 14.5. The molecule has 1 N–H and O–H groups in total. The Balaban J connectivity index is 1.53. The molecule has 1 aromatic heterocycles. The van der Waals surface area contributed by atoms with Gasteiger partial charge in [0.05, 0.1) is 5.52 Å². The van der Waals surface area contributed by atoms with Crippen molar-refractivity contribution < 1.29 is 14.3 Å². The number of hydrogen-bond acceptors (Lipinski definition) is 5. The first-order valence-electron chi connectivity index (χ1n) is 7.60. The number of carbonyl (C=O) groups excluding carboxylic acids is 1. The highest BCUT2D eigenvalue weighted by Gasteiger charge is 2.15. The third-order valence-corrected chi connectivity index (χ3v) is 4.08. The minimum atomic E-state index is -0.182. The summed E-state index contributed by atoms with van der Waals surface area (Å²) in [6.07, 6.45) is 0. The molecule has 7 heteroatoms. The van der Waals surface area contributed by atoms with E-state index in [2.05, 4.69) is 15.6 Å². The smallest absolute Gasteiger partial charge is 0.246 e. The molecule has 1 aliphatic heterocycles. The van der Waals surface area contributed by atoms with E-state index in [1.165, 1.54) is 0 Å². The van der Waals surface area contributed by atoms with Crippen molar-refractivity contribution >= 4 is 22.6 Å². The Morgan fingerprint density at radius 3 is 2.83 bits per heavy atom. The minimum Gasteiger partial charge on any atom is -0.454 e. The number of hydrogen-bond donors (Lipinski definition) is 1. The summed E-state index contributed by atoms with van der Waals surface area (Å²) in [5, 5.41) is 11.0. The van der Waals surface area contributed by atoms with Crippen molar-refractivity contribution in [1.82, 2.24) is 15.0 Å². The third-order valence-electron chi connectivity index (χ3n) is 4.08. The van der Waals surface area contributed by atoms with Crippen LogP contribution in [0.5, 0.6) is 11.5 Å². The van der Waals surface area contributed by atoms with Crippen LogP contribution in [0.1, 0.15) is 11.1 Å². The number of amides is 1. The molecule has 0 saturated carbocycles. The molecular weight excluding hydrogens is 308 g/mol. The molecule has 4 rings (SSSR count). The summed E-state index contributed by atoms with van der Waals surface area (Å²) in [6.45, 7) is 4.35. The SMILES string of the molecule is Cc1cc2nnn(CC(=O)Nc3ccc4c(c3)OCO4)c2cc1C. The highest BCUT2D eigenvalue weighted by Crippen LogP contribution is 2.34. The van der Waals surface area contributed by atoms with Crippen LogP contribution in [0.4, 0.5) is 5.69 Å². The van der Waals surface area contributed by atoms with E-state index in [-0.39, 0.29) is 19.2 Å². The average molecular weight is 324 g/mol. The fourth-order valence-electron chi connectivity index (χ4n) is 2.65. The van der Waals surface area contributed by atoms with Crippen LogP contribution >= 0.6 is 0 Å². The summed E-state index contributed by atoms with van der Waals surface area (Å²) in [7, 11) is 0. The van der Waals surface area contributed by atoms with Crippen molar-refractivity contribution in [2.75, 3.05) is 12.1 Å². The number of nitrogens with zero attached hydrogens (tertiary/aromatic N) is 3. The minimum absolute atomic E-state index is 0.0907. The van der Waals surface area contributed by atoms with Crippen LogP contribution < -0.4 is 14.8 Å². The zero-order valence-corrected chi connectivity index (χ0v) is 13.4. The van der Waals surface area contributed by atoms with Crippen molar-refractivity contribution in [3.05, 3.63) is 41.5 Å². The van der Waals surface area contributed by atoms with Gasteiger partial charge in [-0.2, -0.15) is 0 Å². The number of aryl methyl sites for hydroxylation is 2. The second kappa shape index (κ2) is 5.52. The predicted molar refractivity (Wildman–Crippen MR) is 88.2 cm³/mol. The summed E-state index contributed by atoms with van der Waals surface area (Å²) in [6, 6.07) is 9.27. The maximum atomic E-state index is 12.3. The van der Waals surface area contributed by atoms with Gasteiger partial charge in [0.15, 0.2) is 11.5 Å². The monoisotopic (exact) mass is 324 g/mol. The lowest BCUT2D eigenvalue weighted by Crippen LogP contribution is -2.19. The number of anilines is 1. The Hall–Kier alpha value is -3.09. The van der Waals surface area contributed by atoms with E-state index in [9.17, 15) is 4.79 Å². The zero-order valence-electron chi connectivity index (χ0n) is 13.4. The molecule has 0 bridgehead atoms. The molecule has 122 valence electrons. The molecule has 0 atom stereocenters. The number of rotatable bonds is 3. The first-order valence-corrected chi connectivity index (χ1v) is 7.60. The second-order valence-electron chi connectivity index (χ2n) is 5.79. The van der Waals surface area contributed by atoms with Gasteiger partial charge in [-0.25, -0.2) is 4.68 Å². The lowest BCUT2D eigenvalue weighted by atomic mass is 10.1. The number of aromatic nitrogens is 3. The molecule has 1 aliphatic rings. The van der Waals surface area contributed by atoms with E-state index in [0.29, 0.717) is 17.2 Å². The van der Waals surface area contributed by atoms with E-state index >= 15 is 0 Å². The molecule has 0 unspecified atom stereocenters. The second-order valence-corrected chi connectivity index (χ2v) is 5.79. The number of benzene rings is 2. The van der Waals surface area contributed by atoms with Gasteiger partial charge in [0.1, 0.15) is 12.1 Å². The van der Waals surface area contributed by atoms with Crippen molar-refractivity contribution in [2.45, 2.75) is 20.4 Å². The van der Waals surface area contributed by atoms with Crippen LogP contribution in [0.3, 0.4) is 0 Å². The van der Waals surface area contributed by atoms with Crippen molar-refractivity contribution in [1.29, 1.82) is 0 Å². The van der Waals surface area contributed by atoms with Gasteiger partial charge in [-0.3, -0.25) is 4.79 Å². The molecule has 2 aromatic carbocycles. The van der Waals surface area contributed by atoms with Crippen LogP contribution in [0.2, 0.25) is 0 Å². The van der Waals surface area contributed by atoms with Gasteiger partial charge in [0.2, 0.25) is 12.7 Å². The average Bonchev–Trinajstić information content (AvgIpc) is 3.15. The number of fused-ring (bicyclic) bond motifs is 2. The van der Waals surface area contributed by atoms with Crippen LogP contribution in [-0.2, 0) is 11.3 Å². The van der Waals surface area contributed by atoms with Crippen molar-refractivity contribution in [3.8, 4) is 11.5 Å². The van der Waals surface area contributed by atoms with Crippen LogP contribution in [-0.4, -0.2) is 27.7 Å². The molecule has 3 aromatic rings. The van der Waals surface area contributed by atoms with Crippen molar-refractivity contribution in [3.63, 3.8) is 0 Å². The number of nitrogens with one attached hydrogen (secondary N) is 1. The van der Waals surface area contributed by atoms with Gasteiger partial charge in [0.25, 0.3) is 0 Å². The van der Waals surface area contributed by atoms with E-state index < -0.39 is 0 Å². The standard InChI is InChI=1S/C17H16N4O3/c1-10-5-13-14(6-11(10)2)21(20-19-13)8-17(22)18-12-3-4-15-16(7-12)24-9-23-15/h3-7H,8-9H2,1-2H3,(H,18,22). The molecular formula is C17H16N4O3. The fraction of sp³-hybridized carbons (Fsp3) is 0.235. The summed E-state index contributed by atoms with van der Waals surface area (Å²) in [5.41, 5.74) is 4.58. The third kappa shape index (κ3) is 2.54. The van der Waals surface area contributed by atoms with Gasteiger partial charge in [-0.15, -0.1) is 5.10 Å². The Kier molecular flexibility index (Phi) is 3.34. The molecule has 0 saturated heterocycles. The zero-order chi connectivity index (χ0) is 16.7. The Bertz CT molecular complexity index is 948. The van der Waals surface area contributed by atoms with Gasteiger partial charge in [-0.05, 0) is 49.2 Å². The van der Waals surface area contributed by atoms with E-state index in [1.54, 1.807) is 22.9 Å². The Labute approximate surface area is 138 Å². The molecule has 0 radical (unpaired) electrons. The van der Waals surface area contributed by atoms with Crippen LogP contribution in [0.15, 0.2) is 30.3 Å². The lowest BCUT2D eigenvalue weighted by Gasteiger charge is -2.07.